The molecule has 0 radical (unpaired) electrons. The minimum atomic E-state index is -0.571. The largest absolute Gasteiger partial charge is 0.444 e. The quantitative estimate of drug-likeness (QED) is 0.498. The molecular weight excluding hydrogens is 402 g/mol. The van der Waals surface area contributed by atoms with Crippen LogP contribution in [0.2, 0.25) is 0 Å². The Kier molecular flexibility index (Phi) is 4.96. The first kappa shape index (κ1) is 20.5. The number of ether oxygens (including phenoxy) is 1. The third kappa shape index (κ3) is 3.98. The van der Waals surface area contributed by atoms with Crippen molar-refractivity contribution in [3.63, 3.8) is 0 Å². The molecule has 1 atom stereocenters. The Morgan fingerprint density at radius 3 is 2.61 bits per heavy atom. The molecule has 31 heavy (non-hydrogen) atoms. The highest BCUT2D eigenvalue weighted by Gasteiger charge is 2.33. The lowest BCUT2D eigenvalue weighted by Crippen LogP contribution is -2.35. The van der Waals surface area contributed by atoms with E-state index in [1.807, 2.05) is 20.8 Å². The van der Waals surface area contributed by atoms with Crippen molar-refractivity contribution in [2.45, 2.75) is 38.8 Å². The molecule has 0 spiro atoms. The number of nitro groups is 1. The molecule has 11 nitrogen and oxygen atoms in total. The van der Waals surface area contributed by atoms with Crippen LogP contribution in [-0.4, -0.2) is 54.4 Å². The summed E-state index contributed by atoms with van der Waals surface area (Å²) in [6.45, 7) is 6.45. The van der Waals surface area contributed by atoms with Crippen molar-refractivity contribution in [1.29, 1.82) is 0 Å². The van der Waals surface area contributed by atoms with Crippen molar-refractivity contribution >= 4 is 28.6 Å². The monoisotopic (exact) mass is 425 g/mol. The smallest absolute Gasteiger partial charge is 0.410 e. The number of fused-ring (bicyclic) bond motifs is 1. The van der Waals surface area contributed by atoms with Gasteiger partial charge in [0.25, 0.3) is 5.69 Å². The first-order valence-electron chi connectivity index (χ1n) is 9.85. The minimum absolute atomic E-state index is 0.0134. The van der Waals surface area contributed by atoms with Crippen molar-refractivity contribution in [1.82, 2.24) is 24.6 Å². The van der Waals surface area contributed by atoms with E-state index in [-0.39, 0.29) is 23.6 Å². The molecular formula is C20H23N7O4. The molecule has 2 aromatic heterocycles. The summed E-state index contributed by atoms with van der Waals surface area (Å²) in [6.07, 6.45) is 1.69. The molecule has 3 aromatic rings. The molecule has 1 aromatic carbocycles. The average molecular weight is 425 g/mol. The SMILES string of the molecule is CC(C)(C)OC(=O)N1CCC(n2nc(-c3ccc([N+](=O)[O-])cc3)c3c(N)ncnc32)C1. The summed E-state index contributed by atoms with van der Waals surface area (Å²) >= 11 is 0. The lowest BCUT2D eigenvalue weighted by atomic mass is 10.1. The van der Waals surface area contributed by atoms with Gasteiger partial charge in [0, 0.05) is 30.8 Å². The number of aromatic nitrogens is 4. The van der Waals surface area contributed by atoms with E-state index in [9.17, 15) is 14.9 Å². The maximum absolute atomic E-state index is 12.4. The number of hydrogen-bond acceptors (Lipinski definition) is 8. The van der Waals surface area contributed by atoms with Crippen molar-refractivity contribution < 1.29 is 14.5 Å². The molecule has 4 rings (SSSR count). The molecule has 3 heterocycles. The molecule has 2 N–H and O–H groups in total. The van der Waals surface area contributed by atoms with Gasteiger partial charge in [-0.3, -0.25) is 10.1 Å². The van der Waals surface area contributed by atoms with E-state index in [1.54, 1.807) is 21.7 Å². The number of nitro benzene ring substituents is 1. The number of rotatable bonds is 3. The fourth-order valence-corrected chi connectivity index (χ4v) is 3.63. The van der Waals surface area contributed by atoms with Crippen molar-refractivity contribution in [2.24, 2.45) is 0 Å². The molecule has 1 fully saturated rings. The minimum Gasteiger partial charge on any atom is -0.444 e. The van der Waals surface area contributed by atoms with Crippen LogP contribution in [-0.2, 0) is 4.74 Å². The molecule has 1 unspecified atom stereocenters. The normalized spacial score (nSPS) is 16.6. The summed E-state index contributed by atoms with van der Waals surface area (Å²) in [5, 5.41) is 16.3. The van der Waals surface area contributed by atoms with Crippen LogP contribution in [0.25, 0.3) is 22.3 Å². The number of benzene rings is 1. The summed E-state index contributed by atoms with van der Waals surface area (Å²) in [7, 11) is 0. The molecule has 1 aliphatic rings. The third-order valence-corrected chi connectivity index (χ3v) is 5.03. The second kappa shape index (κ2) is 7.49. The van der Waals surface area contributed by atoms with Crippen LogP contribution in [0, 0.1) is 10.1 Å². The number of non-ortho nitro benzene ring substituents is 1. The Morgan fingerprint density at radius 1 is 1.26 bits per heavy atom. The van der Waals surface area contributed by atoms with E-state index in [0.717, 1.165) is 0 Å². The summed E-state index contributed by atoms with van der Waals surface area (Å²) in [5.41, 5.74) is 7.31. The molecule has 0 bridgehead atoms. The Morgan fingerprint density at radius 2 is 1.97 bits per heavy atom. The Bertz CT molecular complexity index is 1150. The van der Waals surface area contributed by atoms with Gasteiger partial charge >= 0.3 is 6.09 Å². The zero-order chi connectivity index (χ0) is 22.3. The highest BCUT2D eigenvalue weighted by molar-refractivity contribution is 5.98. The summed E-state index contributed by atoms with van der Waals surface area (Å²) < 4.78 is 7.23. The zero-order valence-electron chi connectivity index (χ0n) is 17.5. The van der Waals surface area contributed by atoms with Crippen molar-refractivity contribution in [3.8, 4) is 11.3 Å². The van der Waals surface area contributed by atoms with Gasteiger partial charge in [0.2, 0.25) is 0 Å². The summed E-state index contributed by atoms with van der Waals surface area (Å²) in [4.78, 5) is 33.1. The maximum atomic E-state index is 12.4. The van der Waals surface area contributed by atoms with Gasteiger partial charge in [-0.1, -0.05) is 0 Å². The van der Waals surface area contributed by atoms with Gasteiger partial charge in [-0.2, -0.15) is 5.10 Å². The van der Waals surface area contributed by atoms with Crippen LogP contribution in [0.1, 0.15) is 33.2 Å². The van der Waals surface area contributed by atoms with Gasteiger partial charge in [0.1, 0.15) is 23.4 Å². The molecule has 11 heteroatoms. The summed E-state index contributed by atoms with van der Waals surface area (Å²) in [6, 6.07) is 5.97. The van der Waals surface area contributed by atoms with Crippen LogP contribution >= 0.6 is 0 Å². The third-order valence-electron chi connectivity index (χ3n) is 5.03. The van der Waals surface area contributed by atoms with Crippen LogP contribution in [0.15, 0.2) is 30.6 Å². The highest BCUT2D eigenvalue weighted by atomic mass is 16.6. The van der Waals surface area contributed by atoms with E-state index < -0.39 is 10.5 Å². The van der Waals surface area contributed by atoms with Gasteiger partial charge < -0.3 is 15.4 Å². The fourth-order valence-electron chi connectivity index (χ4n) is 3.63. The number of nitrogens with two attached hydrogens (primary N) is 1. The lowest BCUT2D eigenvalue weighted by Gasteiger charge is -2.24. The molecule has 0 aliphatic carbocycles. The predicted molar refractivity (Wildman–Crippen MR) is 113 cm³/mol. The standard InChI is InChI=1S/C20H23N7O4/c1-20(2,3)31-19(28)25-9-8-14(10-25)26-18-15(17(21)22-11-23-18)16(24-26)12-4-6-13(7-5-12)27(29)30/h4-7,11,14H,8-10H2,1-3H3,(H2,21,22,23). The van der Waals surface area contributed by atoms with E-state index in [1.165, 1.54) is 18.5 Å². The van der Waals surface area contributed by atoms with E-state index in [0.29, 0.717) is 41.8 Å². The molecule has 162 valence electrons. The van der Waals surface area contributed by atoms with Crippen LogP contribution in [0.3, 0.4) is 0 Å². The second-order valence-electron chi connectivity index (χ2n) is 8.42. The number of anilines is 1. The Hall–Kier alpha value is -3.76. The zero-order valence-corrected chi connectivity index (χ0v) is 17.5. The first-order valence-corrected chi connectivity index (χ1v) is 9.85. The molecule has 1 saturated heterocycles. The highest BCUT2D eigenvalue weighted by Crippen LogP contribution is 2.34. The van der Waals surface area contributed by atoms with Crippen LogP contribution in [0.4, 0.5) is 16.3 Å². The number of nitrogen functional groups attached to an aromatic ring is 1. The molecule has 0 saturated carbocycles. The topological polar surface area (TPSA) is 142 Å². The Labute approximate surface area is 178 Å². The number of carbonyl (C=O) groups is 1. The number of amides is 1. The Balaban J connectivity index is 1.69. The van der Waals surface area contributed by atoms with E-state index in [4.69, 9.17) is 15.6 Å². The number of nitrogens with zero attached hydrogens (tertiary/aromatic N) is 6. The van der Waals surface area contributed by atoms with Crippen LogP contribution in [0.5, 0.6) is 0 Å². The number of likely N-dealkylation sites (tertiary alicyclic amines) is 1. The van der Waals surface area contributed by atoms with Gasteiger partial charge in [0.05, 0.1) is 16.4 Å². The second-order valence-corrected chi connectivity index (χ2v) is 8.42. The van der Waals surface area contributed by atoms with Crippen molar-refractivity contribution in [3.05, 3.63) is 40.7 Å². The number of carbonyl (C=O) groups excluding carboxylic acids is 1. The summed E-state index contributed by atoms with van der Waals surface area (Å²) in [5.74, 6) is 0.270. The van der Waals surface area contributed by atoms with Crippen molar-refractivity contribution in [2.75, 3.05) is 18.8 Å². The molecule has 1 aliphatic heterocycles. The van der Waals surface area contributed by atoms with E-state index >= 15 is 0 Å². The first-order chi connectivity index (χ1) is 14.6. The average Bonchev–Trinajstić information content (AvgIpc) is 3.32. The maximum Gasteiger partial charge on any atom is 0.410 e. The van der Waals surface area contributed by atoms with Gasteiger partial charge in [-0.05, 0) is 39.3 Å². The van der Waals surface area contributed by atoms with Gasteiger partial charge in [0.15, 0.2) is 5.65 Å². The lowest BCUT2D eigenvalue weighted by molar-refractivity contribution is -0.384. The van der Waals surface area contributed by atoms with Gasteiger partial charge in [-0.15, -0.1) is 0 Å². The van der Waals surface area contributed by atoms with Gasteiger partial charge in [-0.25, -0.2) is 19.4 Å². The molecule has 1 amide bonds. The number of hydrogen-bond donors (Lipinski definition) is 1. The van der Waals surface area contributed by atoms with Crippen LogP contribution < -0.4 is 5.73 Å². The van der Waals surface area contributed by atoms with E-state index in [2.05, 4.69) is 9.97 Å². The fraction of sp³-hybridized carbons (Fsp3) is 0.400. The predicted octanol–water partition coefficient (Wildman–Crippen LogP) is 3.17.